The first kappa shape index (κ1) is 24.4. The third kappa shape index (κ3) is 7.37. The molecule has 0 aliphatic rings. The van der Waals surface area contributed by atoms with Crippen molar-refractivity contribution >= 4 is 23.1 Å². The summed E-state index contributed by atoms with van der Waals surface area (Å²) >= 11 is 0. The number of ether oxygens (including phenoxy) is 1. The van der Waals surface area contributed by atoms with Crippen molar-refractivity contribution < 1.29 is 17.9 Å². The number of unbranched alkanes of at least 4 members (excludes halogenated alkanes) is 2. The van der Waals surface area contributed by atoms with Gasteiger partial charge < -0.3 is 15.4 Å². The summed E-state index contributed by atoms with van der Waals surface area (Å²) in [6.07, 6.45) is 0.667. The molecule has 2 aromatic carbocycles. The van der Waals surface area contributed by atoms with Crippen LogP contribution in [0.4, 0.5) is 36.3 Å². The van der Waals surface area contributed by atoms with Crippen LogP contribution >= 0.6 is 0 Å². The summed E-state index contributed by atoms with van der Waals surface area (Å²) in [5, 5.41) is 5.74. The second-order valence-electron chi connectivity index (χ2n) is 8.05. The Labute approximate surface area is 192 Å². The van der Waals surface area contributed by atoms with E-state index in [-0.39, 0.29) is 17.9 Å². The maximum absolute atomic E-state index is 13.5. The van der Waals surface area contributed by atoms with Crippen LogP contribution in [-0.4, -0.2) is 16.1 Å². The number of hydrogen-bond acceptors (Lipinski definition) is 5. The fraction of sp³-hybridized carbons (Fsp3) is 0.360. The zero-order valence-electron chi connectivity index (χ0n) is 19.0. The second-order valence-corrected chi connectivity index (χ2v) is 8.05. The van der Waals surface area contributed by atoms with Gasteiger partial charge in [-0.3, -0.25) is 0 Å². The maximum atomic E-state index is 13.5. The van der Waals surface area contributed by atoms with Gasteiger partial charge in [-0.05, 0) is 68.7 Å². The van der Waals surface area contributed by atoms with Gasteiger partial charge in [-0.25, -0.2) is 4.98 Å². The molecule has 0 aliphatic carbocycles. The Morgan fingerprint density at radius 2 is 1.55 bits per heavy atom. The zero-order chi connectivity index (χ0) is 23.8. The highest BCUT2D eigenvalue weighted by Gasteiger charge is 2.35. The van der Waals surface area contributed by atoms with Crippen molar-refractivity contribution in [3.8, 4) is 5.75 Å². The zero-order valence-corrected chi connectivity index (χ0v) is 19.0. The lowest BCUT2D eigenvalue weighted by Gasteiger charge is -2.15. The molecule has 3 rings (SSSR count). The van der Waals surface area contributed by atoms with Gasteiger partial charge in [0, 0.05) is 17.6 Å². The number of anilines is 4. The Morgan fingerprint density at radius 3 is 2.15 bits per heavy atom. The molecule has 5 nitrogen and oxygen atoms in total. The molecule has 2 N–H and O–H groups in total. The first-order chi connectivity index (χ1) is 15.7. The normalized spacial score (nSPS) is 11.5. The fourth-order valence-corrected chi connectivity index (χ4v) is 3.23. The SMILES string of the molecule is CCCCCc1ccc(Nc2ncc(C(F)(F)F)c(Nc3ccc(OC(C)C)cc3)n2)cc1. The van der Waals surface area contributed by atoms with Gasteiger partial charge >= 0.3 is 6.18 Å². The highest BCUT2D eigenvalue weighted by molar-refractivity contribution is 5.63. The Kier molecular flexibility index (Phi) is 8.14. The maximum Gasteiger partial charge on any atom is 0.421 e. The van der Waals surface area contributed by atoms with Gasteiger partial charge in [0.05, 0.1) is 6.10 Å². The second kappa shape index (κ2) is 11.0. The summed E-state index contributed by atoms with van der Waals surface area (Å²) in [6.45, 7) is 5.96. The molecule has 0 amide bonds. The van der Waals surface area contributed by atoms with Gasteiger partial charge in [0.15, 0.2) is 0 Å². The van der Waals surface area contributed by atoms with Crippen LogP contribution in [-0.2, 0) is 12.6 Å². The molecule has 0 aliphatic heterocycles. The van der Waals surface area contributed by atoms with E-state index in [4.69, 9.17) is 4.74 Å². The topological polar surface area (TPSA) is 59.1 Å². The van der Waals surface area contributed by atoms with Crippen molar-refractivity contribution in [3.05, 3.63) is 65.9 Å². The standard InChI is InChI=1S/C25H29F3N4O/c1-4-5-6-7-18-8-10-20(11-9-18)31-24-29-16-22(25(26,27)28)23(32-24)30-19-12-14-21(15-13-19)33-17(2)3/h8-17H,4-7H2,1-3H3,(H2,29,30,31,32). The predicted molar refractivity (Wildman–Crippen MR) is 125 cm³/mol. The molecule has 0 atom stereocenters. The molecule has 0 unspecified atom stereocenters. The van der Waals surface area contributed by atoms with Crippen LogP contribution in [0.3, 0.4) is 0 Å². The molecule has 176 valence electrons. The average Bonchev–Trinajstić information content (AvgIpc) is 2.75. The molecule has 0 bridgehead atoms. The van der Waals surface area contributed by atoms with E-state index in [0.717, 1.165) is 25.5 Å². The highest BCUT2D eigenvalue weighted by Crippen LogP contribution is 2.35. The minimum absolute atomic E-state index is 0.00143. The Morgan fingerprint density at radius 1 is 0.909 bits per heavy atom. The van der Waals surface area contributed by atoms with E-state index in [1.807, 2.05) is 38.1 Å². The van der Waals surface area contributed by atoms with Crippen LogP contribution < -0.4 is 15.4 Å². The van der Waals surface area contributed by atoms with E-state index in [1.165, 1.54) is 12.0 Å². The van der Waals surface area contributed by atoms with Gasteiger partial charge in [-0.1, -0.05) is 31.9 Å². The number of benzene rings is 2. The summed E-state index contributed by atoms with van der Waals surface area (Å²) in [6, 6.07) is 14.4. The highest BCUT2D eigenvalue weighted by atomic mass is 19.4. The number of rotatable bonds is 10. The van der Waals surface area contributed by atoms with Crippen molar-refractivity contribution in [2.24, 2.45) is 0 Å². The van der Waals surface area contributed by atoms with E-state index < -0.39 is 11.7 Å². The molecule has 1 heterocycles. The first-order valence-corrected chi connectivity index (χ1v) is 11.1. The van der Waals surface area contributed by atoms with Crippen LogP contribution in [0.25, 0.3) is 0 Å². The molecule has 1 aromatic heterocycles. The van der Waals surface area contributed by atoms with E-state index in [9.17, 15) is 13.2 Å². The van der Waals surface area contributed by atoms with E-state index in [0.29, 0.717) is 17.1 Å². The predicted octanol–water partition coefficient (Wildman–Crippen LogP) is 7.50. The molecule has 0 fully saturated rings. The number of aromatic nitrogens is 2. The summed E-state index contributed by atoms with van der Waals surface area (Å²) < 4.78 is 46.2. The smallest absolute Gasteiger partial charge is 0.421 e. The molecule has 0 spiro atoms. The summed E-state index contributed by atoms with van der Waals surface area (Å²) in [7, 11) is 0. The van der Waals surface area contributed by atoms with Crippen LogP contribution in [0.15, 0.2) is 54.7 Å². The van der Waals surface area contributed by atoms with E-state index in [2.05, 4.69) is 27.5 Å². The molecule has 0 saturated carbocycles. The quantitative estimate of drug-likeness (QED) is 0.308. The number of alkyl halides is 3. The van der Waals surface area contributed by atoms with Crippen LogP contribution in [0.1, 0.15) is 51.2 Å². The van der Waals surface area contributed by atoms with E-state index >= 15 is 0 Å². The number of nitrogens with zero attached hydrogens (tertiary/aromatic N) is 2. The van der Waals surface area contributed by atoms with Gasteiger partial charge in [0.1, 0.15) is 17.1 Å². The minimum atomic E-state index is -4.60. The largest absolute Gasteiger partial charge is 0.491 e. The van der Waals surface area contributed by atoms with Crippen LogP contribution in [0, 0.1) is 0 Å². The molecule has 0 radical (unpaired) electrons. The lowest BCUT2D eigenvalue weighted by Crippen LogP contribution is -2.12. The van der Waals surface area contributed by atoms with Gasteiger partial charge in [0.2, 0.25) is 5.95 Å². The number of hydrogen-bond donors (Lipinski definition) is 2. The Bertz CT molecular complexity index is 1020. The molecule has 0 saturated heterocycles. The monoisotopic (exact) mass is 458 g/mol. The van der Waals surface area contributed by atoms with Gasteiger partial charge in [-0.2, -0.15) is 18.2 Å². The Hall–Kier alpha value is -3.29. The van der Waals surface area contributed by atoms with Crippen LogP contribution in [0.5, 0.6) is 5.75 Å². The lowest BCUT2D eigenvalue weighted by molar-refractivity contribution is -0.137. The number of aryl methyl sites for hydroxylation is 1. The van der Waals surface area contributed by atoms with Crippen molar-refractivity contribution in [3.63, 3.8) is 0 Å². The molecular weight excluding hydrogens is 429 g/mol. The van der Waals surface area contributed by atoms with Crippen molar-refractivity contribution in [1.29, 1.82) is 0 Å². The third-order valence-corrected chi connectivity index (χ3v) is 4.86. The van der Waals surface area contributed by atoms with Crippen molar-refractivity contribution in [2.45, 2.75) is 58.7 Å². The fourth-order valence-electron chi connectivity index (χ4n) is 3.23. The number of halogens is 3. The first-order valence-electron chi connectivity index (χ1n) is 11.1. The van der Waals surface area contributed by atoms with E-state index in [1.54, 1.807) is 24.3 Å². The molecular formula is C25H29F3N4O. The lowest BCUT2D eigenvalue weighted by atomic mass is 10.1. The molecule has 8 heteroatoms. The Balaban J connectivity index is 1.77. The minimum Gasteiger partial charge on any atom is -0.491 e. The molecule has 33 heavy (non-hydrogen) atoms. The van der Waals surface area contributed by atoms with Crippen molar-refractivity contribution in [1.82, 2.24) is 9.97 Å². The summed E-state index contributed by atoms with van der Waals surface area (Å²) in [5.41, 5.74) is 1.43. The van der Waals surface area contributed by atoms with Crippen molar-refractivity contribution in [2.75, 3.05) is 10.6 Å². The third-order valence-electron chi connectivity index (χ3n) is 4.86. The summed E-state index contributed by atoms with van der Waals surface area (Å²) in [5.74, 6) is 0.382. The van der Waals surface area contributed by atoms with Crippen LogP contribution in [0.2, 0.25) is 0 Å². The number of nitrogens with one attached hydrogen (secondary N) is 2. The molecule has 3 aromatic rings. The van der Waals surface area contributed by atoms with Gasteiger partial charge in [0.25, 0.3) is 0 Å². The van der Waals surface area contributed by atoms with Gasteiger partial charge in [-0.15, -0.1) is 0 Å². The average molecular weight is 459 g/mol. The summed E-state index contributed by atoms with van der Waals surface area (Å²) in [4.78, 5) is 7.97.